The number of aryl methyl sites for hydroxylation is 1. The quantitative estimate of drug-likeness (QED) is 0.400. The molecule has 0 radical (unpaired) electrons. The van der Waals surface area contributed by atoms with E-state index in [4.69, 9.17) is 9.47 Å². The van der Waals surface area contributed by atoms with Crippen molar-refractivity contribution in [2.24, 2.45) is 7.05 Å². The molecule has 2 aromatic heterocycles. The molecule has 3 aromatic rings. The van der Waals surface area contributed by atoms with Crippen molar-refractivity contribution in [3.8, 4) is 28.7 Å². The predicted molar refractivity (Wildman–Crippen MR) is 132 cm³/mol. The van der Waals surface area contributed by atoms with E-state index in [9.17, 15) is 8.42 Å². The minimum absolute atomic E-state index is 0.0620. The first-order chi connectivity index (χ1) is 15.5. The summed E-state index contributed by atoms with van der Waals surface area (Å²) >= 11 is 0. The van der Waals surface area contributed by atoms with E-state index in [1.54, 1.807) is 67.9 Å². The summed E-state index contributed by atoms with van der Waals surface area (Å²) in [6.07, 6.45) is 1.79. The van der Waals surface area contributed by atoms with Gasteiger partial charge in [-0.1, -0.05) is 25.7 Å². The van der Waals surface area contributed by atoms with Gasteiger partial charge in [0, 0.05) is 27.9 Å². The second kappa shape index (κ2) is 9.55. The monoisotopic (exact) mass is 492 g/mol. The van der Waals surface area contributed by atoms with Crippen molar-refractivity contribution < 1.29 is 17.9 Å². The van der Waals surface area contributed by atoms with Gasteiger partial charge < -0.3 is 9.47 Å². The molecule has 33 heavy (non-hydrogen) atoms. The van der Waals surface area contributed by atoms with Gasteiger partial charge in [-0.2, -0.15) is 5.10 Å². The number of anilines is 1. The Labute approximate surface area is 196 Å². The van der Waals surface area contributed by atoms with Gasteiger partial charge in [0.15, 0.2) is 5.82 Å². The lowest BCUT2D eigenvalue weighted by molar-refractivity contribution is 0.391. The van der Waals surface area contributed by atoms with Crippen LogP contribution >= 0.6 is 0 Å². The summed E-state index contributed by atoms with van der Waals surface area (Å²) in [5.41, 5.74) is 1.05. The first-order valence-electron chi connectivity index (χ1n) is 10.7. The van der Waals surface area contributed by atoms with E-state index in [-0.39, 0.29) is 11.7 Å². The molecular formula is C21H32N6O4SSi. The zero-order chi connectivity index (χ0) is 24.4. The van der Waals surface area contributed by atoms with Crippen LogP contribution in [0.2, 0.25) is 25.7 Å². The summed E-state index contributed by atoms with van der Waals surface area (Å²) in [7, 11) is -0.301. The number of benzene rings is 1. The minimum Gasteiger partial charge on any atom is -0.494 e. The van der Waals surface area contributed by atoms with E-state index in [1.165, 1.54) is 4.31 Å². The Balaban J connectivity index is 2.34. The average Bonchev–Trinajstić information content (AvgIpc) is 3.38. The molecule has 180 valence electrons. The van der Waals surface area contributed by atoms with E-state index in [0.29, 0.717) is 35.2 Å². The predicted octanol–water partition coefficient (Wildman–Crippen LogP) is 3.18. The number of hydrogen-bond donors (Lipinski definition) is 0. The number of aromatic nitrogens is 5. The van der Waals surface area contributed by atoms with Crippen molar-refractivity contribution in [3.05, 3.63) is 30.5 Å². The molecule has 0 spiro atoms. The fourth-order valence-electron chi connectivity index (χ4n) is 3.35. The lowest BCUT2D eigenvalue weighted by Gasteiger charge is -2.27. The maximum Gasteiger partial charge on any atom is 0.246 e. The summed E-state index contributed by atoms with van der Waals surface area (Å²) < 4.78 is 42.4. The van der Waals surface area contributed by atoms with Crippen LogP contribution in [0.1, 0.15) is 6.92 Å². The number of sulfonamides is 1. The first-order valence-corrected chi connectivity index (χ1v) is 16.0. The number of para-hydroxylation sites is 1. The third-order valence-electron chi connectivity index (χ3n) is 5.20. The Hall–Kier alpha value is -2.86. The number of nitrogens with zero attached hydrogens (tertiary/aromatic N) is 6. The maximum absolute atomic E-state index is 13.2. The zero-order valence-corrected chi connectivity index (χ0v) is 22.0. The van der Waals surface area contributed by atoms with Crippen molar-refractivity contribution in [1.29, 1.82) is 0 Å². The van der Waals surface area contributed by atoms with E-state index in [2.05, 4.69) is 34.9 Å². The largest absolute Gasteiger partial charge is 0.494 e. The lowest BCUT2D eigenvalue weighted by atomic mass is 10.2. The molecule has 0 saturated heterocycles. The number of methoxy groups -OCH3 is 2. The van der Waals surface area contributed by atoms with E-state index in [1.807, 2.05) is 0 Å². The highest BCUT2D eigenvalue weighted by Gasteiger charge is 2.32. The van der Waals surface area contributed by atoms with Crippen LogP contribution in [0.4, 0.5) is 5.95 Å². The smallest absolute Gasteiger partial charge is 0.246 e. The van der Waals surface area contributed by atoms with Gasteiger partial charge in [0.05, 0.1) is 20.0 Å². The Morgan fingerprint density at radius 1 is 1.06 bits per heavy atom. The van der Waals surface area contributed by atoms with Crippen molar-refractivity contribution in [2.45, 2.75) is 32.6 Å². The minimum atomic E-state index is -3.64. The van der Waals surface area contributed by atoms with E-state index >= 15 is 0 Å². The molecule has 0 saturated carbocycles. The molecule has 2 heterocycles. The van der Waals surface area contributed by atoms with Crippen LogP contribution in [-0.4, -0.2) is 67.6 Å². The van der Waals surface area contributed by atoms with Crippen LogP contribution in [0.15, 0.2) is 30.5 Å². The summed E-state index contributed by atoms with van der Waals surface area (Å²) in [4.78, 5) is 0. The summed E-state index contributed by atoms with van der Waals surface area (Å²) in [6.45, 7) is 8.55. The highest BCUT2D eigenvalue weighted by Crippen LogP contribution is 2.38. The molecule has 0 bridgehead atoms. The van der Waals surface area contributed by atoms with Crippen LogP contribution in [0, 0.1) is 0 Å². The van der Waals surface area contributed by atoms with Gasteiger partial charge in [-0.15, -0.1) is 10.2 Å². The molecule has 0 aliphatic carbocycles. The number of rotatable bonds is 10. The molecular weight excluding hydrogens is 460 g/mol. The number of hydrogen-bond acceptors (Lipinski definition) is 7. The number of ether oxygens (including phenoxy) is 2. The highest BCUT2D eigenvalue weighted by atomic mass is 32.2. The van der Waals surface area contributed by atoms with E-state index < -0.39 is 18.1 Å². The standard InChI is InChI=1S/C21H32N6O4SSi/c1-8-32(28,29)26(14-15-33(5,6)7)21-23-22-20(16-12-13-25(2)24-16)27(21)19-17(30-3)10-9-11-18(19)31-4/h9-13H,8,14-15H2,1-7H3. The molecule has 0 N–H and O–H groups in total. The Kier molecular flexibility index (Phi) is 7.17. The second-order valence-electron chi connectivity index (χ2n) is 8.83. The molecule has 0 aliphatic rings. The molecule has 3 rings (SSSR count). The average molecular weight is 493 g/mol. The summed E-state index contributed by atoms with van der Waals surface area (Å²) in [5, 5.41) is 13.2. The molecule has 0 unspecified atom stereocenters. The Morgan fingerprint density at radius 3 is 2.18 bits per heavy atom. The van der Waals surface area contributed by atoms with Gasteiger partial charge in [0.1, 0.15) is 22.9 Å². The molecule has 0 fully saturated rings. The van der Waals surface area contributed by atoms with Crippen molar-refractivity contribution in [3.63, 3.8) is 0 Å². The lowest BCUT2D eigenvalue weighted by Crippen LogP contribution is -2.38. The second-order valence-corrected chi connectivity index (χ2v) is 16.6. The van der Waals surface area contributed by atoms with Crippen LogP contribution in [0.3, 0.4) is 0 Å². The van der Waals surface area contributed by atoms with Crippen LogP contribution in [-0.2, 0) is 17.1 Å². The van der Waals surface area contributed by atoms with Crippen LogP contribution < -0.4 is 13.8 Å². The van der Waals surface area contributed by atoms with Gasteiger partial charge in [-0.3, -0.25) is 9.25 Å². The fraction of sp³-hybridized carbons (Fsp3) is 0.476. The van der Waals surface area contributed by atoms with Crippen molar-refractivity contribution in [1.82, 2.24) is 24.5 Å². The fourth-order valence-corrected chi connectivity index (χ4v) is 5.46. The SMILES string of the molecule is CCS(=O)(=O)N(CC[Si](C)(C)C)c1nnc(-c2ccn(C)n2)n1-c1c(OC)cccc1OC. The zero-order valence-electron chi connectivity index (χ0n) is 20.2. The van der Waals surface area contributed by atoms with Gasteiger partial charge >= 0.3 is 0 Å². The van der Waals surface area contributed by atoms with Crippen molar-refractivity contribution >= 4 is 24.0 Å². The van der Waals surface area contributed by atoms with Gasteiger partial charge in [-0.25, -0.2) is 12.7 Å². The topological polar surface area (TPSA) is 104 Å². The maximum atomic E-state index is 13.2. The third-order valence-corrected chi connectivity index (χ3v) is 8.67. The normalized spacial score (nSPS) is 12.1. The van der Waals surface area contributed by atoms with Crippen LogP contribution in [0.5, 0.6) is 11.5 Å². The Bertz CT molecular complexity index is 1190. The Morgan fingerprint density at radius 2 is 1.70 bits per heavy atom. The molecule has 12 heteroatoms. The molecule has 0 amide bonds. The van der Waals surface area contributed by atoms with Gasteiger partial charge in [-0.05, 0) is 31.2 Å². The molecule has 0 atom stereocenters. The first kappa shape index (κ1) is 24.8. The summed E-state index contributed by atoms with van der Waals surface area (Å²) in [5.74, 6) is 1.49. The van der Waals surface area contributed by atoms with Crippen molar-refractivity contribution in [2.75, 3.05) is 30.8 Å². The van der Waals surface area contributed by atoms with Gasteiger partial charge in [0.2, 0.25) is 16.0 Å². The molecule has 1 aromatic carbocycles. The van der Waals surface area contributed by atoms with Crippen LogP contribution in [0.25, 0.3) is 17.2 Å². The van der Waals surface area contributed by atoms with E-state index in [0.717, 1.165) is 6.04 Å². The molecule has 10 nitrogen and oxygen atoms in total. The van der Waals surface area contributed by atoms with Gasteiger partial charge in [0.25, 0.3) is 0 Å². The summed E-state index contributed by atoms with van der Waals surface area (Å²) in [6, 6.07) is 7.93. The molecule has 0 aliphatic heterocycles. The highest BCUT2D eigenvalue weighted by molar-refractivity contribution is 7.92. The third kappa shape index (κ3) is 5.22.